The average molecular weight is 204 g/mol. The van der Waals surface area contributed by atoms with Gasteiger partial charge in [0.05, 0.1) is 12.2 Å². The van der Waals surface area contributed by atoms with E-state index in [9.17, 15) is 0 Å². The Morgan fingerprint density at radius 3 is 2.53 bits per heavy atom. The lowest BCUT2D eigenvalue weighted by Gasteiger charge is -2.19. The van der Waals surface area contributed by atoms with Crippen LogP contribution in [0.3, 0.4) is 0 Å². The van der Waals surface area contributed by atoms with Gasteiger partial charge in [0.2, 0.25) is 0 Å². The standard InChI is InChI=1S/C11H16N4/c1-8(2)7-15-10(11(3,4)5)9(6-12)13-14-15/h1,7H2,2-5H3. The quantitative estimate of drug-likeness (QED) is 0.692. The highest BCUT2D eigenvalue weighted by Crippen LogP contribution is 2.24. The third-order valence-electron chi connectivity index (χ3n) is 1.97. The maximum Gasteiger partial charge on any atom is 0.186 e. The molecule has 0 amide bonds. The molecule has 0 fully saturated rings. The van der Waals surface area contributed by atoms with E-state index in [4.69, 9.17) is 5.26 Å². The van der Waals surface area contributed by atoms with Crippen LogP contribution in [0.25, 0.3) is 0 Å². The van der Waals surface area contributed by atoms with E-state index in [0.29, 0.717) is 12.2 Å². The lowest BCUT2D eigenvalue weighted by atomic mass is 9.90. The first-order valence-corrected chi connectivity index (χ1v) is 4.84. The summed E-state index contributed by atoms with van der Waals surface area (Å²) in [6, 6.07) is 2.07. The van der Waals surface area contributed by atoms with Crippen molar-refractivity contribution >= 4 is 0 Å². The molecule has 0 radical (unpaired) electrons. The molecular formula is C11H16N4. The smallest absolute Gasteiger partial charge is 0.186 e. The molecule has 1 aromatic heterocycles. The fourth-order valence-electron chi connectivity index (χ4n) is 1.50. The van der Waals surface area contributed by atoms with E-state index in [1.54, 1.807) is 4.68 Å². The first-order chi connectivity index (χ1) is 6.86. The summed E-state index contributed by atoms with van der Waals surface area (Å²) in [4.78, 5) is 0. The highest BCUT2D eigenvalue weighted by molar-refractivity contribution is 5.30. The summed E-state index contributed by atoms with van der Waals surface area (Å²) >= 11 is 0. The van der Waals surface area contributed by atoms with Crippen molar-refractivity contribution in [1.82, 2.24) is 15.0 Å². The summed E-state index contributed by atoms with van der Waals surface area (Å²) in [7, 11) is 0. The van der Waals surface area contributed by atoms with E-state index in [1.807, 2.05) is 27.7 Å². The van der Waals surface area contributed by atoms with Crippen molar-refractivity contribution in [3.8, 4) is 6.07 Å². The van der Waals surface area contributed by atoms with Crippen molar-refractivity contribution < 1.29 is 0 Å². The second-order valence-electron chi connectivity index (χ2n) is 4.76. The molecule has 0 bridgehead atoms. The van der Waals surface area contributed by atoms with Crippen LogP contribution < -0.4 is 0 Å². The van der Waals surface area contributed by atoms with Crippen molar-refractivity contribution in [3.05, 3.63) is 23.5 Å². The van der Waals surface area contributed by atoms with Gasteiger partial charge in [0.15, 0.2) is 5.69 Å². The number of allylic oxidation sites excluding steroid dienone is 1. The van der Waals surface area contributed by atoms with Crippen molar-refractivity contribution in [2.24, 2.45) is 0 Å². The van der Waals surface area contributed by atoms with Gasteiger partial charge in [0.25, 0.3) is 0 Å². The molecule has 0 atom stereocenters. The number of nitriles is 1. The third-order valence-corrected chi connectivity index (χ3v) is 1.97. The summed E-state index contributed by atoms with van der Waals surface area (Å²) in [6.45, 7) is 12.5. The lowest BCUT2D eigenvalue weighted by Crippen LogP contribution is -2.20. The minimum Gasteiger partial charge on any atom is -0.243 e. The van der Waals surface area contributed by atoms with E-state index >= 15 is 0 Å². The molecule has 0 aromatic carbocycles. The number of rotatable bonds is 2. The van der Waals surface area contributed by atoms with Crippen LogP contribution in [0.5, 0.6) is 0 Å². The molecule has 4 nitrogen and oxygen atoms in total. The van der Waals surface area contributed by atoms with Crippen LogP contribution in [0.1, 0.15) is 39.1 Å². The molecule has 0 aliphatic rings. The maximum absolute atomic E-state index is 8.94. The molecular weight excluding hydrogens is 188 g/mol. The zero-order chi connectivity index (χ0) is 11.6. The molecule has 1 rings (SSSR count). The molecule has 0 saturated heterocycles. The Balaban J connectivity index is 3.25. The van der Waals surface area contributed by atoms with Gasteiger partial charge in [-0.3, -0.25) is 0 Å². The van der Waals surface area contributed by atoms with E-state index in [-0.39, 0.29) is 5.41 Å². The molecule has 15 heavy (non-hydrogen) atoms. The monoisotopic (exact) mass is 204 g/mol. The van der Waals surface area contributed by atoms with Crippen LogP contribution in [-0.4, -0.2) is 15.0 Å². The molecule has 0 saturated carbocycles. The van der Waals surface area contributed by atoms with Gasteiger partial charge in [0, 0.05) is 5.41 Å². The van der Waals surface area contributed by atoms with Gasteiger partial charge in [-0.15, -0.1) is 5.10 Å². The van der Waals surface area contributed by atoms with Crippen molar-refractivity contribution in [2.45, 2.75) is 39.7 Å². The van der Waals surface area contributed by atoms with Gasteiger partial charge in [0.1, 0.15) is 6.07 Å². The summed E-state index contributed by atoms with van der Waals surface area (Å²) in [6.07, 6.45) is 0. The predicted molar refractivity (Wildman–Crippen MR) is 58.3 cm³/mol. The Bertz CT molecular complexity index is 415. The molecule has 4 heteroatoms. The van der Waals surface area contributed by atoms with Crippen LogP contribution in [0.15, 0.2) is 12.2 Å². The Morgan fingerprint density at radius 2 is 2.13 bits per heavy atom. The molecule has 80 valence electrons. The minimum atomic E-state index is -0.135. The summed E-state index contributed by atoms with van der Waals surface area (Å²) in [5.74, 6) is 0. The van der Waals surface area contributed by atoms with E-state index in [1.165, 1.54) is 0 Å². The second-order valence-corrected chi connectivity index (χ2v) is 4.76. The lowest BCUT2D eigenvalue weighted by molar-refractivity contribution is 0.499. The van der Waals surface area contributed by atoms with E-state index in [0.717, 1.165) is 11.3 Å². The molecule has 0 spiro atoms. The Morgan fingerprint density at radius 1 is 1.53 bits per heavy atom. The number of hydrogen-bond donors (Lipinski definition) is 0. The first kappa shape index (κ1) is 11.4. The molecule has 0 unspecified atom stereocenters. The van der Waals surface area contributed by atoms with Crippen LogP contribution in [0, 0.1) is 11.3 Å². The summed E-state index contributed by atoms with van der Waals surface area (Å²) in [5, 5.41) is 16.8. The molecule has 0 N–H and O–H groups in total. The average Bonchev–Trinajstić information content (AvgIpc) is 2.45. The number of aromatic nitrogens is 3. The molecule has 0 aliphatic heterocycles. The highest BCUT2D eigenvalue weighted by Gasteiger charge is 2.25. The van der Waals surface area contributed by atoms with Gasteiger partial charge in [-0.05, 0) is 6.92 Å². The van der Waals surface area contributed by atoms with Crippen LogP contribution in [-0.2, 0) is 12.0 Å². The van der Waals surface area contributed by atoms with Crippen LogP contribution in [0.2, 0.25) is 0 Å². The Hall–Kier alpha value is -1.63. The van der Waals surface area contributed by atoms with Gasteiger partial charge < -0.3 is 0 Å². The Kier molecular flexibility index (Phi) is 2.94. The van der Waals surface area contributed by atoms with Crippen molar-refractivity contribution in [3.63, 3.8) is 0 Å². The first-order valence-electron chi connectivity index (χ1n) is 4.84. The number of nitrogens with zero attached hydrogens (tertiary/aromatic N) is 4. The SMILES string of the molecule is C=C(C)Cn1nnc(C#N)c1C(C)(C)C. The normalized spacial score (nSPS) is 11.1. The fourth-order valence-corrected chi connectivity index (χ4v) is 1.50. The van der Waals surface area contributed by atoms with Gasteiger partial charge in [-0.2, -0.15) is 5.26 Å². The molecule has 1 heterocycles. The zero-order valence-electron chi connectivity index (χ0n) is 9.70. The van der Waals surface area contributed by atoms with Crippen molar-refractivity contribution in [2.75, 3.05) is 0 Å². The summed E-state index contributed by atoms with van der Waals surface area (Å²) in [5.41, 5.74) is 2.14. The minimum absolute atomic E-state index is 0.135. The predicted octanol–water partition coefficient (Wildman–Crippen LogP) is 2.02. The third kappa shape index (κ3) is 2.44. The fraction of sp³-hybridized carbons (Fsp3) is 0.545. The van der Waals surface area contributed by atoms with Crippen LogP contribution >= 0.6 is 0 Å². The van der Waals surface area contributed by atoms with E-state index in [2.05, 4.69) is 23.0 Å². The zero-order valence-corrected chi connectivity index (χ0v) is 9.70. The van der Waals surface area contributed by atoms with Crippen LogP contribution in [0.4, 0.5) is 0 Å². The Labute approximate surface area is 90.2 Å². The summed E-state index contributed by atoms with van der Waals surface area (Å²) < 4.78 is 1.75. The van der Waals surface area contributed by atoms with E-state index < -0.39 is 0 Å². The second kappa shape index (κ2) is 3.85. The van der Waals surface area contributed by atoms with Gasteiger partial charge in [-0.25, -0.2) is 4.68 Å². The molecule has 0 aliphatic carbocycles. The van der Waals surface area contributed by atoms with Gasteiger partial charge >= 0.3 is 0 Å². The largest absolute Gasteiger partial charge is 0.243 e. The number of hydrogen-bond acceptors (Lipinski definition) is 3. The van der Waals surface area contributed by atoms with Gasteiger partial charge in [-0.1, -0.05) is 38.1 Å². The molecule has 1 aromatic rings. The van der Waals surface area contributed by atoms with Crippen molar-refractivity contribution in [1.29, 1.82) is 5.26 Å². The topological polar surface area (TPSA) is 54.5 Å². The highest BCUT2D eigenvalue weighted by atomic mass is 15.4. The maximum atomic E-state index is 8.94.